The van der Waals surface area contributed by atoms with Crippen LogP contribution in [-0.2, 0) is 12.8 Å². The fourth-order valence-electron chi connectivity index (χ4n) is 4.42. The molecule has 1 amide bonds. The summed E-state index contributed by atoms with van der Waals surface area (Å²) < 4.78 is 0. The van der Waals surface area contributed by atoms with Crippen molar-refractivity contribution in [3.05, 3.63) is 105 Å². The highest BCUT2D eigenvalue weighted by Gasteiger charge is 2.15. The van der Waals surface area contributed by atoms with Gasteiger partial charge < -0.3 is 10.8 Å². The molecule has 0 aliphatic heterocycles. The van der Waals surface area contributed by atoms with Gasteiger partial charge in [-0.15, -0.1) is 0 Å². The van der Waals surface area contributed by atoms with Crippen molar-refractivity contribution in [2.24, 2.45) is 5.73 Å². The van der Waals surface area contributed by atoms with Gasteiger partial charge in [-0.1, -0.05) is 52.0 Å². The normalized spacial score (nSPS) is 12.7. The molecule has 2 unspecified atom stereocenters. The lowest BCUT2D eigenvalue weighted by atomic mass is 9.86. The summed E-state index contributed by atoms with van der Waals surface area (Å²) in [4.78, 5) is 23.2. The molecule has 3 N–H and O–H groups in total. The summed E-state index contributed by atoms with van der Waals surface area (Å²) in [6.45, 7) is 8.35. The molecule has 5 heteroatoms. The predicted molar refractivity (Wildman–Crippen MR) is 138 cm³/mol. The standard InChI is InChI=1S/C30H32N2O3/c1-18(2)26-11-22(13-28(16-26)29(32)33)9-20(4)27-12-21(10-23(14-27)17-31)8-19(3)24-6-5-7-25(15-24)30(34)35/h5-7,10-16,18-20H,8-9H2,1-4H3,(H2,32,33)(H,34,35). The third-order valence-electron chi connectivity index (χ3n) is 6.47. The number of nitriles is 1. The first kappa shape index (κ1) is 25.7. The van der Waals surface area contributed by atoms with E-state index in [0.717, 1.165) is 27.8 Å². The second-order valence-corrected chi connectivity index (χ2v) is 9.70. The zero-order valence-electron chi connectivity index (χ0n) is 20.7. The van der Waals surface area contributed by atoms with Gasteiger partial charge >= 0.3 is 5.97 Å². The van der Waals surface area contributed by atoms with Crippen LogP contribution in [0.25, 0.3) is 0 Å². The van der Waals surface area contributed by atoms with E-state index in [-0.39, 0.29) is 23.3 Å². The topological polar surface area (TPSA) is 104 Å². The minimum absolute atomic E-state index is 0.0900. The van der Waals surface area contributed by atoms with E-state index in [9.17, 15) is 20.0 Å². The molecule has 0 radical (unpaired) electrons. The summed E-state index contributed by atoms with van der Waals surface area (Å²) in [7, 11) is 0. The van der Waals surface area contributed by atoms with Gasteiger partial charge in [0.25, 0.3) is 0 Å². The SMILES string of the molecule is CC(C)c1cc(CC(C)c2cc(C#N)cc(CC(C)c3cccc(C(=O)O)c3)c2)cc(C(N)=O)c1. The largest absolute Gasteiger partial charge is 0.478 e. The molecule has 0 bridgehead atoms. The number of carboxylic acid groups (broad SMARTS) is 1. The Morgan fingerprint density at radius 2 is 1.43 bits per heavy atom. The first-order chi connectivity index (χ1) is 16.6. The number of carboxylic acids is 1. The Labute approximate surface area is 207 Å². The van der Waals surface area contributed by atoms with Crippen LogP contribution in [0.2, 0.25) is 0 Å². The summed E-state index contributed by atoms with van der Waals surface area (Å²) in [5.74, 6) is -0.889. The lowest BCUT2D eigenvalue weighted by Gasteiger charge is -2.18. The maximum absolute atomic E-state index is 11.8. The van der Waals surface area contributed by atoms with Crippen molar-refractivity contribution in [1.29, 1.82) is 5.26 Å². The van der Waals surface area contributed by atoms with E-state index in [1.807, 2.05) is 30.3 Å². The minimum atomic E-state index is -0.942. The van der Waals surface area contributed by atoms with Crippen LogP contribution in [0.5, 0.6) is 0 Å². The third-order valence-corrected chi connectivity index (χ3v) is 6.47. The maximum Gasteiger partial charge on any atom is 0.335 e. The molecule has 0 fully saturated rings. The van der Waals surface area contributed by atoms with Crippen molar-refractivity contribution in [2.75, 3.05) is 0 Å². The van der Waals surface area contributed by atoms with Gasteiger partial charge in [-0.2, -0.15) is 5.26 Å². The zero-order chi connectivity index (χ0) is 25.7. The van der Waals surface area contributed by atoms with Gasteiger partial charge in [0.05, 0.1) is 17.2 Å². The van der Waals surface area contributed by atoms with Crippen LogP contribution in [0.1, 0.15) is 99.5 Å². The zero-order valence-corrected chi connectivity index (χ0v) is 20.7. The van der Waals surface area contributed by atoms with Crippen LogP contribution < -0.4 is 5.73 Å². The number of primary amides is 1. The maximum atomic E-state index is 11.8. The Morgan fingerprint density at radius 3 is 2.03 bits per heavy atom. The highest BCUT2D eigenvalue weighted by Crippen LogP contribution is 2.28. The van der Waals surface area contributed by atoms with Crippen LogP contribution >= 0.6 is 0 Å². The molecule has 0 saturated heterocycles. The lowest BCUT2D eigenvalue weighted by molar-refractivity contribution is 0.0696. The molecular formula is C30H32N2O3. The number of carbonyl (C=O) groups is 2. The Kier molecular flexibility index (Phi) is 8.09. The molecule has 0 aliphatic carbocycles. The van der Waals surface area contributed by atoms with Gasteiger partial charge in [0.2, 0.25) is 5.91 Å². The number of hydrogen-bond donors (Lipinski definition) is 2. The van der Waals surface area contributed by atoms with Crippen LogP contribution in [0.3, 0.4) is 0 Å². The molecule has 0 aromatic heterocycles. The molecule has 5 nitrogen and oxygen atoms in total. The number of nitrogens with two attached hydrogens (primary N) is 1. The summed E-state index contributed by atoms with van der Waals surface area (Å²) in [5.41, 5.74) is 12.1. The summed E-state index contributed by atoms with van der Waals surface area (Å²) in [5, 5.41) is 18.9. The van der Waals surface area contributed by atoms with Crippen molar-refractivity contribution in [2.45, 2.75) is 58.3 Å². The van der Waals surface area contributed by atoms with Crippen LogP contribution in [0.4, 0.5) is 0 Å². The number of amides is 1. The first-order valence-corrected chi connectivity index (χ1v) is 11.9. The molecule has 0 heterocycles. The number of hydrogen-bond acceptors (Lipinski definition) is 3. The highest BCUT2D eigenvalue weighted by molar-refractivity contribution is 5.93. The van der Waals surface area contributed by atoms with Gasteiger partial charge in [0.15, 0.2) is 0 Å². The lowest BCUT2D eigenvalue weighted by Crippen LogP contribution is -2.12. The molecule has 0 saturated carbocycles. The van der Waals surface area contributed by atoms with Crippen LogP contribution in [0, 0.1) is 11.3 Å². The fourth-order valence-corrected chi connectivity index (χ4v) is 4.42. The quantitative estimate of drug-likeness (QED) is 0.392. The number of aromatic carboxylic acids is 1. The molecule has 35 heavy (non-hydrogen) atoms. The van der Waals surface area contributed by atoms with E-state index in [1.54, 1.807) is 18.2 Å². The van der Waals surface area contributed by atoms with E-state index in [0.29, 0.717) is 24.0 Å². The minimum Gasteiger partial charge on any atom is -0.478 e. The van der Waals surface area contributed by atoms with Crippen LogP contribution in [-0.4, -0.2) is 17.0 Å². The molecule has 2 atom stereocenters. The van der Waals surface area contributed by atoms with Crippen molar-refractivity contribution in [1.82, 2.24) is 0 Å². The highest BCUT2D eigenvalue weighted by atomic mass is 16.4. The summed E-state index contributed by atoms with van der Waals surface area (Å²) in [6, 6.07) is 21.1. The fraction of sp³-hybridized carbons (Fsp3) is 0.300. The average molecular weight is 469 g/mol. The van der Waals surface area contributed by atoms with Crippen molar-refractivity contribution < 1.29 is 14.7 Å². The summed E-state index contributed by atoms with van der Waals surface area (Å²) >= 11 is 0. The van der Waals surface area contributed by atoms with E-state index in [1.165, 1.54) is 0 Å². The number of nitrogens with zero attached hydrogens (tertiary/aromatic N) is 1. The van der Waals surface area contributed by atoms with E-state index >= 15 is 0 Å². The monoisotopic (exact) mass is 468 g/mol. The number of carbonyl (C=O) groups excluding carboxylic acids is 1. The molecule has 0 spiro atoms. The Balaban J connectivity index is 1.87. The average Bonchev–Trinajstić information content (AvgIpc) is 2.83. The Hall–Kier alpha value is -3.91. The van der Waals surface area contributed by atoms with Crippen molar-refractivity contribution in [3.8, 4) is 6.07 Å². The smallest absolute Gasteiger partial charge is 0.335 e. The molecule has 0 aliphatic rings. The van der Waals surface area contributed by atoms with Crippen LogP contribution in [0.15, 0.2) is 60.7 Å². The van der Waals surface area contributed by atoms with Gasteiger partial charge in [-0.25, -0.2) is 4.79 Å². The third kappa shape index (κ3) is 6.58. The van der Waals surface area contributed by atoms with Gasteiger partial charge in [-0.05, 0) is 94.8 Å². The predicted octanol–water partition coefficient (Wildman–Crippen LogP) is 6.17. The van der Waals surface area contributed by atoms with Gasteiger partial charge in [-0.3, -0.25) is 4.79 Å². The molecule has 3 rings (SSSR count). The molecular weight excluding hydrogens is 436 g/mol. The van der Waals surface area contributed by atoms with Gasteiger partial charge in [0.1, 0.15) is 0 Å². The molecule has 3 aromatic carbocycles. The van der Waals surface area contributed by atoms with E-state index < -0.39 is 11.9 Å². The van der Waals surface area contributed by atoms with Crippen molar-refractivity contribution in [3.63, 3.8) is 0 Å². The van der Waals surface area contributed by atoms with Crippen molar-refractivity contribution >= 4 is 11.9 Å². The van der Waals surface area contributed by atoms with E-state index in [2.05, 4.69) is 45.9 Å². The van der Waals surface area contributed by atoms with E-state index in [4.69, 9.17) is 5.73 Å². The second-order valence-electron chi connectivity index (χ2n) is 9.70. The first-order valence-electron chi connectivity index (χ1n) is 11.9. The summed E-state index contributed by atoms with van der Waals surface area (Å²) in [6.07, 6.45) is 1.40. The Bertz CT molecular complexity index is 1290. The second kappa shape index (κ2) is 11.0. The Morgan fingerprint density at radius 1 is 0.829 bits per heavy atom. The molecule has 180 valence electrons. The number of rotatable bonds is 9. The molecule has 3 aromatic rings. The van der Waals surface area contributed by atoms with Gasteiger partial charge in [0, 0.05) is 5.56 Å². The number of benzene rings is 3.